The average molecular weight is 257 g/mol. The van der Waals surface area contributed by atoms with Crippen LogP contribution in [0, 0.1) is 0 Å². The monoisotopic (exact) mass is 257 g/mol. The summed E-state index contributed by atoms with van der Waals surface area (Å²) >= 11 is 0. The summed E-state index contributed by atoms with van der Waals surface area (Å²) in [6.45, 7) is 3.67. The van der Waals surface area contributed by atoms with Gasteiger partial charge in [0.2, 0.25) is 0 Å². The zero-order valence-corrected chi connectivity index (χ0v) is 11.2. The Bertz CT molecular complexity index is 575. The van der Waals surface area contributed by atoms with Crippen LogP contribution >= 0.6 is 0 Å². The lowest BCUT2D eigenvalue weighted by atomic mass is 10.1. The lowest BCUT2D eigenvalue weighted by Crippen LogP contribution is -2.04. The quantitative estimate of drug-likeness (QED) is 0.912. The fourth-order valence-electron chi connectivity index (χ4n) is 2.38. The number of benzene rings is 1. The molecule has 4 nitrogen and oxygen atoms in total. The van der Waals surface area contributed by atoms with Crippen LogP contribution in [0.15, 0.2) is 30.6 Å². The Kier molecular flexibility index (Phi) is 3.25. The zero-order valence-electron chi connectivity index (χ0n) is 11.2. The Morgan fingerprint density at radius 1 is 1.47 bits per heavy atom. The molecule has 100 valence electrons. The highest BCUT2D eigenvalue weighted by Gasteiger charge is 2.12. The standard InChI is InChI=1S/C15H19N3O/c1-11(16)14-9-17-18(10-14)6-4-12-2-3-15-13(8-12)5-7-19-15/h2-3,8-11H,4-7,16H2,1H3. The fraction of sp³-hybridized carbons (Fsp3) is 0.400. The van der Waals surface area contributed by atoms with Crippen LogP contribution in [-0.2, 0) is 19.4 Å². The molecule has 1 aromatic heterocycles. The molecule has 0 saturated heterocycles. The molecule has 0 radical (unpaired) electrons. The number of nitrogens with zero attached hydrogens (tertiary/aromatic N) is 2. The molecule has 2 aromatic rings. The first-order valence-corrected chi connectivity index (χ1v) is 6.75. The molecule has 0 saturated carbocycles. The van der Waals surface area contributed by atoms with Crippen LogP contribution in [0.3, 0.4) is 0 Å². The molecule has 19 heavy (non-hydrogen) atoms. The van der Waals surface area contributed by atoms with Gasteiger partial charge in [-0.05, 0) is 30.5 Å². The SMILES string of the molecule is CC(N)c1cnn(CCc2ccc3c(c2)CCO3)c1. The Hall–Kier alpha value is -1.81. The van der Waals surface area contributed by atoms with E-state index in [1.807, 2.05) is 24.0 Å². The third-order valence-corrected chi connectivity index (χ3v) is 3.56. The maximum atomic E-state index is 5.83. The first kappa shape index (κ1) is 12.2. The summed E-state index contributed by atoms with van der Waals surface area (Å²) in [6, 6.07) is 6.51. The van der Waals surface area contributed by atoms with Crippen LogP contribution in [0.5, 0.6) is 5.75 Å². The molecular weight excluding hydrogens is 238 g/mol. The van der Waals surface area contributed by atoms with Gasteiger partial charge in [-0.2, -0.15) is 5.10 Å². The fourth-order valence-corrected chi connectivity index (χ4v) is 2.38. The van der Waals surface area contributed by atoms with Gasteiger partial charge in [-0.1, -0.05) is 12.1 Å². The smallest absolute Gasteiger partial charge is 0.122 e. The summed E-state index contributed by atoms with van der Waals surface area (Å²) in [5, 5.41) is 4.34. The van der Waals surface area contributed by atoms with Gasteiger partial charge in [-0.15, -0.1) is 0 Å². The predicted octanol–water partition coefficient (Wildman–Crippen LogP) is 2.08. The van der Waals surface area contributed by atoms with Gasteiger partial charge >= 0.3 is 0 Å². The van der Waals surface area contributed by atoms with E-state index in [9.17, 15) is 0 Å². The minimum atomic E-state index is 0.0471. The summed E-state index contributed by atoms with van der Waals surface area (Å²) in [6.07, 6.45) is 5.88. The molecule has 1 aliphatic heterocycles. The molecule has 3 rings (SSSR count). The van der Waals surface area contributed by atoms with E-state index in [0.29, 0.717) is 0 Å². The molecule has 1 atom stereocenters. The molecular formula is C15H19N3O. The van der Waals surface area contributed by atoms with Crippen molar-refractivity contribution in [2.24, 2.45) is 5.73 Å². The topological polar surface area (TPSA) is 53.1 Å². The number of hydrogen-bond donors (Lipinski definition) is 1. The van der Waals surface area contributed by atoms with Crippen LogP contribution in [0.1, 0.15) is 29.7 Å². The van der Waals surface area contributed by atoms with E-state index < -0.39 is 0 Å². The summed E-state index contributed by atoms with van der Waals surface area (Å²) < 4.78 is 7.48. The number of nitrogens with two attached hydrogens (primary N) is 1. The largest absolute Gasteiger partial charge is 0.493 e. The van der Waals surface area contributed by atoms with Gasteiger partial charge in [0.1, 0.15) is 5.75 Å². The molecule has 0 bridgehead atoms. The Labute approximate surface area is 113 Å². The van der Waals surface area contributed by atoms with E-state index in [1.54, 1.807) is 0 Å². The van der Waals surface area contributed by atoms with Gasteiger partial charge in [0.05, 0.1) is 12.8 Å². The second kappa shape index (κ2) is 5.05. The number of ether oxygens (including phenoxy) is 1. The van der Waals surface area contributed by atoms with Crippen LogP contribution in [0.25, 0.3) is 0 Å². The Morgan fingerprint density at radius 3 is 3.16 bits per heavy atom. The zero-order chi connectivity index (χ0) is 13.2. The minimum absolute atomic E-state index is 0.0471. The van der Waals surface area contributed by atoms with Crippen molar-refractivity contribution in [3.8, 4) is 5.75 Å². The van der Waals surface area contributed by atoms with Gasteiger partial charge < -0.3 is 10.5 Å². The molecule has 2 heterocycles. The lowest BCUT2D eigenvalue weighted by molar-refractivity contribution is 0.357. The molecule has 1 aliphatic rings. The maximum absolute atomic E-state index is 5.83. The third-order valence-electron chi connectivity index (χ3n) is 3.56. The van der Waals surface area contributed by atoms with Crippen molar-refractivity contribution < 1.29 is 4.74 Å². The maximum Gasteiger partial charge on any atom is 0.122 e. The first-order chi connectivity index (χ1) is 9.22. The van der Waals surface area contributed by atoms with E-state index in [2.05, 4.69) is 23.3 Å². The third kappa shape index (κ3) is 2.63. The molecule has 1 unspecified atom stereocenters. The van der Waals surface area contributed by atoms with E-state index in [-0.39, 0.29) is 6.04 Å². The Balaban J connectivity index is 1.65. The van der Waals surface area contributed by atoms with Crippen LogP contribution in [0.2, 0.25) is 0 Å². The highest BCUT2D eigenvalue weighted by molar-refractivity contribution is 5.39. The molecule has 0 spiro atoms. The van der Waals surface area contributed by atoms with Gasteiger partial charge in [0, 0.05) is 30.8 Å². The van der Waals surface area contributed by atoms with E-state index in [1.165, 1.54) is 11.1 Å². The highest BCUT2D eigenvalue weighted by atomic mass is 16.5. The van der Waals surface area contributed by atoms with E-state index >= 15 is 0 Å². The summed E-state index contributed by atoms with van der Waals surface area (Å²) in [5.74, 6) is 1.04. The van der Waals surface area contributed by atoms with Gasteiger partial charge in [0.25, 0.3) is 0 Å². The minimum Gasteiger partial charge on any atom is -0.493 e. The average Bonchev–Trinajstić information content (AvgIpc) is 3.04. The van der Waals surface area contributed by atoms with Crippen molar-refractivity contribution in [2.75, 3.05) is 6.61 Å². The number of rotatable bonds is 4. The van der Waals surface area contributed by atoms with Crippen LogP contribution in [0.4, 0.5) is 0 Å². The van der Waals surface area contributed by atoms with Gasteiger partial charge in [0.15, 0.2) is 0 Å². The van der Waals surface area contributed by atoms with Crippen molar-refractivity contribution in [1.82, 2.24) is 9.78 Å². The molecule has 1 aromatic carbocycles. The van der Waals surface area contributed by atoms with Crippen molar-refractivity contribution in [3.05, 3.63) is 47.3 Å². The summed E-state index contributed by atoms with van der Waals surface area (Å²) in [5.41, 5.74) is 9.58. The van der Waals surface area contributed by atoms with Gasteiger partial charge in [-0.3, -0.25) is 4.68 Å². The number of fused-ring (bicyclic) bond motifs is 1. The van der Waals surface area contributed by atoms with Crippen molar-refractivity contribution in [3.63, 3.8) is 0 Å². The summed E-state index contributed by atoms with van der Waals surface area (Å²) in [4.78, 5) is 0. The molecule has 0 fully saturated rings. The first-order valence-electron chi connectivity index (χ1n) is 6.75. The molecule has 0 aliphatic carbocycles. The second-order valence-corrected chi connectivity index (χ2v) is 5.12. The van der Waals surface area contributed by atoms with Crippen molar-refractivity contribution in [2.45, 2.75) is 32.4 Å². The van der Waals surface area contributed by atoms with Gasteiger partial charge in [-0.25, -0.2) is 0 Å². The summed E-state index contributed by atoms with van der Waals surface area (Å²) in [7, 11) is 0. The van der Waals surface area contributed by atoms with E-state index in [4.69, 9.17) is 10.5 Å². The van der Waals surface area contributed by atoms with Crippen molar-refractivity contribution in [1.29, 1.82) is 0 Å². The number of aryl methyl sites for hydroxylation is 2. The Morgan fingerprint density at radius 2 is 2.37 bits per heavy atom. The van der Waals surface area contributed by atoms with Crippen LogP contribution in [-0.4, -0.2) is 16.4 Å². The number of aromatic nitrogens is 2. The molecule has 0 amide bonds. The van der Waals surface area contributed by atoms with E-state index in [0.717, 1.165) is 37.3 Å². The normalized spacial score (nSPS) is 15.1. The predicted molar refractivity (Wildman–Crippen MR) is 74.2 cm³/mol. The lowest BCUT2D eigenvalue weighted by Gasteiger charge is -2.05. The molecule has 4 heteroatoms. The molecule has 2 N–H and O–H groups in total. The van der Waals surface area contributed by atoms with Crippen LogP contribution < -0.4 is 10.5 Å². The second-order valence-electron chi connectivity index (χ2n) is 5.12. The number of hydrogen-bond acceptors (Lipinski definition) is 3. The van der Waals surface area contributed by atoms with Crippen molar-refractivity contribution >= 4 is 0 Å². The highest BCUT2D eigenvalue weighted by Crippen LogP contribution is 2.26.